The lowest BCUT2D eigenvalue weighted by Gasteiger charge is -2.11. The lowest BCUT2D eigenvalue weighted by molar-refractivity contribution is -0.140. The number of nitrogens with two attached hydrogens (primary N) is 4. The van der Waals surface area contributed by atoms with Crippen LogP contribution >= 0.6 is 0 Å². The summed E-state index contributed by atoms with van der Waals surface area (Å²) in [6.45, 7) is 3.76. The van der Waals surface area contributed by atoms with Gasteiger partial charge in [-0.05, 0) is 17.9 Å². The number of aliphatic carboxylic acids is 3. The summed E-state index contributed by atoms with van der Waals surface area (Å²) in [4.78, 5) is 40.4. The van der Waals surface area contributed by atoms with Crippen molar-refractivity contribution in [3.63, 3.8) is 0 Å². The second-order valence-electron chi connectivity index (χ2n) is 6.50. The molecular weight excluding hydrogens is 412 g/mol. The van der Waals surface area contributed by atoms with Crippen molar-refractivity contribution in [1.82, 2.24) is 0 Å². The zero-order chi connectivity index (χ0) is 23.9. The summed E-state index contributed by atoms with van der Waals surface area (Å²) in [7, 11) is 0. The van der Waals surface area contributed by atoms with Gasteiger partial charge in [0.15, 0.2) is 0 Å². The first-order valence-corrected chi connectivity index (χ1v) is 9.10. The van der Waals surface area contributed by atoms with E-state index in [1.165, 1.54) is 0 Å². The molecule has 0 saturated heterocycles. The maximum absolute atomic E-state index is 10.4. The first-order valence-electron chi connectivity index (χ1n) is 9.10. The van der Waals surface area contributed by atoms with E-state index in [1.807, 2.05) is 44.2 Å². The molecule has 13 N–H and O–H groups in total. The fraction of sp³-hybridized carbons (Fsp3) is 0.474. The Morgan fingerprint density at radius 2 is 1.32 bits per heavy atom. The molecule has 0 aliphatic carbocycles. The molecule has 1 amide bonds. The second-order valence-corrected chi connectivity index (χ2v) is 6.50. The molecular formula is C19H34N4O8. The van der Waals surface area contributed by atoms with Crippen LogP contribution in [0.1, 0.15) is 32.3 Å². The van der Waals surface area contributed by atoms with Crippen molar-refractivity contribution in [1.29, 1.82) is 0 Å². The van der Waals surface area contributed by atoms with Gasteiger partial charge in [-0.2, -0.15) is 0 Å². The van der Waals surface area contributed by atoms with Crippen molar-refractivity contribution >= 4 is 23.8 Å². The predicted octanol–water partition coefficient (Wildman–Crippen LogP) is -1.47. The highest BCUT2D eigenvalue weighted by Gasteiger charge is 2.17. The van der Waals surface area contributed by atoms with E-state index in [0.717, 1.165) is 12.0 Å². The average Bonchev–Trinajstić information content (AvgIpc) is 2.67. The van der Waals surface area contributed by atoms with E-state index in [0.29, 0.717) is 6.42 Å². The minimum atomic E-state index is -1.21. The summed E-state index contributed by atoms with van der Waals surface area (Å²) in [5.74, 6) is -3.72. The van der Waals surface area contributed by atoms with E-state index in [1.54, 1.807) is 0 Å². The molecule has 0 spiro atoms. The Labute approximate surface area is 180 Å². The first-order chi connectivity index (χ1) is 13.8. The number of rotatable bonds is 9. The van der Waals surface area contributed by atoms with E-state index in [4.69, 9.17) is 32.5 Å². The Morgan fingerprint density at radius 1 is 0.871 bits per heavy atom. The predicted molar refractivity (Wildman–Crippen MR) is 114 cm³/mol. The normalized spacial score (nSPS) is 13.3. The number of amides is 1. The first kappa shape index (κ1) is 32.6. The second kappa shape index (κ2) is 17.8. The molecule has 0 aliphatic heterocycles. The fourth-order valence-corrected chi connectivity index (χ4v) is 1.76. The minimum absolute atomic E-state index is 0. The molecule has 178 valence electrons. The summed E-state index contributed by atoms with van der Waals surface area (Å²) < 4.78 is 0. The van der Waals surface area contributed by atoms with Crippen molar-refractivity contribution in [3.8, 4) is 0 Å². The van der Waals surface area contributed by atoms with Gasteiger partial charge in [0, 0.05) is 0 Å². The Bertz CT molecular complexity index is 672. The monoisotopic (exact) mass is 446 g/mol. The van der Waals surface area contributed by atoms with E-state index in [-0.39, 0.29) is 17.8 Å². The zero-order valence-electron chi connectivity index (χ0n) is 17.6. The van der Waals surface area contributed by atoms with E-state index < -0.39 is 41.9 Å². The third kappa shape index (κ3) is 17.5. The van der Waals surface area contributed by atoms with Crippen LogP contribution in [-0.2, 0) is 25.6 Å². The van der Waals surface area contributed by atoms with Gasteiger partial charge in [0.2, 0.25) is 5.91 Å². The standard InChI is InChI=1S/C9H11NO2.C6H13NO2.C4H8N2O3.H2O/c10-8(9(11)12)6-7-4-2-1-3-5-7;1-3-4(2)5(7)6(8)9;5-2(4(8)9)1-3(6)7;/h1-5,8H,6,10H2,(H,11,12);4-5H,3,7H2,1-2H3,(H,8,9);2H,1,5H2,(H2,6,7)(H,8,9);1H2/t8-;4-,5-;2-;/m000./s1. The van der Waals surface area contributed by atoms with Gasteiger partial charge in [-0.1, -0.05) is 50.6 Å². The Kier molecular flexibility index (Phi) is 18.7. The van der Waals surface area contributed by atoms with Gasteiger partial charge in [-0.25, -0.2) is 0 Å². The van der Waals surface area contributed by atoms with Crippen LogP contribution in [-0.4, -0.2) is 62.7 Å². The molecule has 31 heavy (non-hydrogen) atoms. The maximum atomic E-state index is 10.4. The van der Waals surface area contributed by atoms with Gasteiger partial charge >= 0.3 is 17.9 Å². The van der Waals surface area contributed by atoms with Crippen LogP contribution in [0.25, 0.3) is 0 Å². The number of carboxylic acid groups (broad SMARTS) is 3. The number of benzene rings is 1. The molecule has 1 aromatic rings. The van der Waals surface area contributed by atoms with Crippen molar-refractivity contribution < 1.29 is 40.0 Å². The van der Waals surface area contributed by atoms with Crippen LogP contribution in [0.3, 0.4) is 0 Å². The average molecular weight is 447 g/mol. The van der Waals surface area contributed by atoms with Gasteiger partial charge in [0.25, 0.3) is 0 Å². The molecule has 0 saturated carbocycles. The molecule has 0 aromatic heterocycles. The molecule has 0 aliphatic rings. The Morgan fingerprint density at radius 3 is 1.58 bits per heavy atom. The van der Waals surface area contributed by atoms with Gasteiger partial charge in [0.1, 0.15) is 18.1 Å². The summed E-state index contributed by atoms with van der Waals surface area (Å²) in [6, 6.07) is 6.68. The zero-order valence-corrected chi connectivity index (χ0v) is 17.6. The van der Waals surface area contributed by atoms with Gasteiger partial charge in [-0.15, -0.1) is 0 Å². The summed E-state index contributed by atoms with van der Waals surface area (Å²) in [5.41, 5.74) is 21.1. The third-order valence-corrected chi connectivity index (χ3v) is 3.90. The summed E-state index contributed by atoms with van der Waals surface area (Å²) in [6.07, 6.45) is 0.888. The third-order valence-electron chi connectivity index (χ3n) is 3.90. The number of hydrogen-bond donors (Lipinski definition) is 7. The van der Waals surface area contributed by atoms with Crippen LogP contribution in [0.2, 0.25) is 0 Å². The SMILES string of the molecule is CC[C@H](C)[C@H](N)C(=O)O.NC(=O)C[C@H](N)C(=O)O.N[C@@H](Cc1ccccc1)C(=O)O.O. The van der Waals surface area contributed by atoms with Gasteiger partial charge < -0.3 is 43.7 Å². The van der Waals surface area contributed by atoms with Crippen molar-refractivity contribution in [2.75, 3.05) is 0 Å². The van der Waals surface area contributed by atoms with E-state index in [9.17, 15) is 19.2 Å². The lowest BCUT2D eigenvalue weighted by Crippen LogP contribution is -2.36. The van der Waals surface area contributed by atoms with Crippen LogP contribution in [0.5, 0.6) is 0 Å². The van der Waals surface area contributed by atoms with Crippen LogP contribution in [0.15, 0.2) is 30.3 Å². The quantitative estimate of drug-likeness (QED) is 0.231. The van der Waals surface area contributed by atoms with Crippen LogP contribution in [0, 0.1) is 5.92 Å². The van der Waals surface area contributed by atoms with E-state index >= 15 is 0 Å². The number of primary amides is 1. The molecule has 0 fully saturated rings. The highest BCUT2D eigenvalue weighted by atomic mass is 16.4. The minimum Gasteiger partial charge on any atom is -0.480 e. The summed E-state index contributed by atoms with van der Waals surface area (Å²) in [5, 5.41) is 25.0. The fourth-order valence-electron chi connectivity index (χ4n) is 1.76. The number of carboxylic acids is 3. The number of carbonyl (C=O) groups is 4. The smallest absolute Gasteiger partial charge is 0.321 e. The van der Waals surface area contributed by atoms with Crippen molar-refractivity contribution in [3.05, 3.63) is 35.9 Å². The molecule has 0 radical (unpaired) electrons. The molecule has 1 rings (SSSR count). The Hall–Kier alpha value is -3.06. The molecule has 4 atom stereocenters. The molecule has 0 bridgehead atoms. The number of hydrogen-bond acceptors (Lipinski definition) is 7. The molecule has 12 heteroatoms. The van der Waals surface area contributed by atoms with Crippen molar-refractivity contribution in [2.45, 2.75) is 51.2 Å². The maximum Gasteiger partial charge on any atom is 0.321 e. The largest absolute Gasteiger partial charge is 0.480 e. The van der Waals surface area contributed by atoms with E-state index in [2.05, 4.69) is 5.73 Å². The van der Waals surface area contributed by atoms with Crippen LogP contribution in [0.4, 0.5) is 0 Å². The molecule has 12 nitrogen and oxygen atoms in total. The summed E-state index contributed by atoms with van der Waals surface area (Å²) >= 11 is 0. The topological polar surface area (TPSA) is 265 Å². The molecule has 0 unspecified atom stereocenters. The lowest BCUT2D eigenvalue weighted by atomic mass is 10.0. The highest BCUT2D eigenvalue weighted by Crippen LogP contribution is 2.04. The molecule has 1 aromatic carbocycles. The van der Waals surface area contributed by atoms with Crippen LogP contribution < -0.4 is 22.9 Å². The van der Waals surface area contributed by atoms with Crippen molar-refractivity contribution in [2.24, 2.45) is 28.9 Å². The molecule has 0 heterocycles. The number of carbonyl (C=O) groups excluding carboxylic acids is 1. The van der Waals surface area contributed by atoms with Gasteiger partial charge in [0.05, 0.1) is 6.42 Å². The highest BCUT2D eigenvalue weighted by molar-refractivity contribution is 5.83. The Balaban J connectivity index is -0.000000380. The van der Waals surface area contributed by atoms with Gasteiger partial charge in [-0.3, -0.25) is 19.2 Å².